The maximum atomic E-state index is 14.9. The van der Waals surface area contributed by atoms with E-state index in [1.54, 1.807) is 58.7 Å². The Morgan fingerprint density at radius 2 is 0.524 bits per heavy atom. The molecule has 554 valence electrons. The molecule has 15 rings (SSSR count). The van der Waals surface area contributed by atoms with Gasteiger partial charge >= 0.3 is 10.1 Å². The minimum Gasteiger partial charge on any atom is -0.378 e. The lowest BCUT2D eigenvalue weighted by Gasteiger charge is -2.32. The molecule has 0 N–H and O–H groups in total. The SMILES string of the molecule is Cc1c(C2CCCCC2)cc(C2CCCCC2)cc1C1CCCCC1.Cc1c(F)c(F)c(S(=O)(=O)Oc2c(C3CCCCC3)cc(C3CCCCC3)cc2C2CCCCC2)c(F)c1F.Fc1ccc([S+](c2ccc(F)cc2)c2ccc(F)cc2)cc1.c1ccc([S+](c2ccccc2)c2ccccc2)cc1. The fourth-order valence-corrected chi connectivity index (χ4v) is 22.6. The maximum absolute atomic E-state index is 14.9. The summed E-state index contributed by atoms with van der Waals surface area (Å²) in [5, 5.41) is 0. The van der Waals surface area contributed by atoms with Crippen LogP contribution in [0.3, 0.4) is 0 Å². The summed E-state index contributed by atoms with van der Waals surface area (Å²) in [6.45, 7) is 3.33. The Morgan fingerprint density at radius 3 is 0.800 bits per heavy atom. The second kappa shape index (κ2) is 37.7. The van der Waals surface area contributed by atoms with Crippen LogP contribution in [-0.2, 0) is 31.9 Å². The van der Waals surface area contributed by atoms with E-state index in [9.17, 15) is 39.2 Å². The summed E-state index contributed by atoms with van der Waals surface area (Å²) in [5.74, 6) is -5.13. The Hall–Kier alpha value is -7.06. The van der Waals surface area contributed by atoms with Crippen molar-refractivity contribution in [1.82, 2.24) is 0 Å². The van der Waals surface area contributed by atoms with Crippen LogP contribution in [0.15, 0.2) is 222 Å². The normalized spacial score (nSPS) is 17.6. The number of benzene rings is 9. The van der Waals surface area contributed by atoms with Crippen LogP contribution in [-0.4, -0.2) is 8.42 Å². The molecular weight excluding hydrogens is 1380 g/mol. The van der Waals surface area contributed by atoms with E-state index in [0.29, 0.717) is 5.92 Å². The van der Waals surface area contributed by atoms with Gasteiger partial charge in [0, 0.05) is 5.56 Å². The van der Waals surface area contributed by atoms with Gasteiger partial charge in [0.05, 0.1) is 21.8 Å². The Labute approximate surface area is 626 Å². The largest absolute Gasteiger partial charge is 0.378 e. The summed E-state index contributed by atoms with van der Waals surface area (Å²) in [6.07, 6.45) is 37.1. The zero-order chi connectivity index (χ0) is 73.2. The highest BCUT2D eigenvalue weighted by atomic mass is 32.2. The van der Waals surface area contributed by atoms with Crippen LogP contribution in [0.25, 0.3) is 0 Å². The van der Waals surface area contributed by atoms with Crippen molar-refractivity contribution >= 4 is 31.9 Å². The van der Waals surface area contributed by atoms with Crippen molar-refractivity contribution in [3.05, 3.63) is 273 Å². The van der Waals surface area contributed by atoms with E-state index < -0.39 is 54.7 Å². The van der Waals surface area contributed by atoms with Crippen molar-refractivity contribution < 1.29 is 43.3 Å². The van der Waals surface area contributed by atoms with Crippen molar-refractivity contribution in [1.29, 1.82) is 0 Å². The van der Waals surface area contributed by atoms with Crippen LogP contribution in [0.1, 0.15) is 273 Å². The molecule has 105 heavy (non-hydrogen) atoms. The average Bonchev–Trinajstić information content (AvgIpc) is 0.753. The first-order chi connectivity index (χ1) is 51.1. The Kier molecular flexibility index (Phi) is 27.8. The van der Waals surface area contributed by atoms with Gasteiger partial charge in [-0.1, -0.05) is 194 Å². The van der Waals surface area contributed by atoms with E-state index in [0.717, 1.165) is 140 Å². The highest BCUT2D eigenvalue weighted by molar-refractivity contribution is 7.97. The van der Waals surface area contributed by atoms with Gasteiger partial charge in [0.2, 0.25) is 0 Å². The molecule has 0 aliphatic heterocycles. The van der Waals surface area contributed by atoms with E-state index in [-0.39, 0.29) is 45.9 Å². The Morgan fingerprint density at radius 1 is 0.286 bits per heavy atom. The maximum Gasteiger partial charge on any atom is 0.345 e. The van der Waals surface area contributed by atoms with E-state index >= 15 is 0 Å². The topological polar surface area (TPSA) is 43.4 Å². The van der Waals surface area contributed by atoms with E-state index in [2.05, 4.69) is 122 Å². The third-order valence-corrected chi connectivity index (χ3v) is 28.7. The van der Waals surface area contributed by atoms with Crippen LogP contribution in [0.4, 0.5) is 30.7 Å². The monoisotopic (exact) mass is 1480 g/mol. The second-order valence-corrected chi connectivity index (χ2v) is 35.6. The van der Waals surface area contributed by atoms with Crippen LogP contribution in [0.5, 0.6) is 5.75 Å². The summed E-state index contributed by atoms with van der Waals surface area (Å²) in [6, 6.07) is 60.2. The summed E-state index contributed by atoms with van der Waals surface area (Å²) in [4.78, 5) is 5.04. The van der Waals surface area contributed by atoms with Crippen molar-refractivity contribution in [2.45, 2.75) is 276 Å². The van der Waals surface area contributed by atoms with Gasteiger partial charge in [-0.15, -0.1) is 0 Å². The highest BCUT2D eigenvalue weighted by Gasteiger charge is 2.38. The third-order valence-electron chi connectivity index (χ3n) is 23.0. The number of rotatable bonds is 15. The zero-order valence-electron chi connectivity index (χ0n) is 61.2. The zero-order valence-corrected chi connectivity index (χ0v) is 63.6. The fourth-order valence-electron chi connectivity index (χ4n) is 17.3. The number of hydrogen-bond acceptors (Lipinski definition) is 3. The van der Waals surface area contributed by atoms with Gasteiger partial charge in [-0.25, -0.2) is 30.7 Å². The average molecular weight is 1490 g/mol. The fraction of sp³-hybridized carbons (Fsp3) is 0.413. The molecule has 3 nitrogen and oxygen atoms in total. The minimum atomic E-state index is -5.23. The molecule has 6 aliphatic rings. The van der Waals surface area contributed by atoms with Crippen LogP contribution in [0, 0.1) is 54.6 Å². The predicted octanol–water partition coefficient (Wildman–Crippen LogP) is 27.6. The van der Waals surface area contributed by atoms with Gasteiger partial charge in [-0.05, 0) is 275 Å². The molecule has 9 aromatic rings. The molecule has 0 atom stereocenters. The van der Waals surface area contributed by atoms with Gasteiger partial charge in [-0.2, -0.15) is 8.42 Å². The van der Waals surface area contributed by atoms with Gasteiger partial charge in [-0.3, -0.25) is 0 Å². The number of hydrogen-bond donors (Lipinski definition) is 0. The van der Waals surface area contributed by atoms with Gasteiger partial charge in [0.1, 0.15) is 23.2 Å². The molecule has 9 aromatic carbocycles. The summed E-state index contributed by atoms with van der Waals surface area (Å²) in [7, 11) is -5.78. The molecule has 0 saturated heterocycles. The van der Waals surface area contributed by atoms with E-state index in [4.69, 9.17) is 4.18 Å². The second-order valence-electron chi connectivity index (χ2n) is 30.0. The van der Waals surface area contributed by atoms with Crippen LogP contribution < -0.4 is 4.18 Å². The lowest BCUT2D eigenvalue weighted by Crippen LogP contribution is -2.21. The molecule has 0 radical (unpaired) electrons. The third kappa shape index (κ3) is 19.8. The first kappa shape index (κ1) is 77.6. The first-order valence-electron chi connectivity index (χ1n) is 39.1. The van der Waals surface area contributed by atoms with Crippen molar-refractivity contribution in [2.24, 2.45) is 0 Å². The smallest absolute Gasteiger partial charge is 0.345 e. The van der Waals surface area contributed by atoms with E-state index in [1.165, 1.54) is 159 Å². The number of halogens is 7. The van der Waals surface area contributed by atoms with Gasteiger partial charge in [0.25, 0.3) is 0 Å². The lowest BCUT2D eigenvalue weighted by atomic mass is 9.74. The van der Waals surface area contributed by atoms with E-state index in [1.807, 2.05) is 0 Å². The molecule has 6 saturated carbocycles. The Balaban J connectivity index is 0.000000137. The molecular formula is C92H103F7O3S3+2. The van der Waals surface area contributed by atoms with Crippen molar-refractivity contribution in [2.75, 3.05) is 0 Å². The molecule has 0 bridgehead atoms. The lowest BCUT2D eigenvalue weighted by molar-refractivity contribution is 0.389. The molecule has 0 spiro atoms. The molecule has 0 heterocycles. The minimum absolute atomic E-state index is 0.0146. The predicted molar refractivity (Wildman–Crippen MR) is 414 cm³/mol. The van der Waals surface area contributed by atoms with Crippen LogP contribution in [0.2, 0.25) is 0 Å². The summed E-state index contributed by atoms with van der Waals surface area (Å²) < 4.78 is 131. The molecule has 0 amide bonds. The highest BCUT2D eigenvalue weighted by Crippen LogP contribution is 2.50. The van der Waals surface area contributed by atoms with Gasteiger partial charge in [0.15, 0.2) is 57.5 Å². The standard InChI is InChI=1S/C31H38F4O3S.C25H38.C18H12F3S.C18H15S/c1-19-26(32)28(34)31(29(35)27(19)33)39(36,37)38-30-24(21-13-7-3-8-14-21)17-23(20-11-5-2-6-12-20)18-25(30)22-15-9-4-10-16-22;1-19-24(21-13-7-3-8-14-21)17-23(20-11-5-2-6-12-20)18-25(19)22-15-9-4-10-16-22;19-13-1-7-16(8-2-13)22(17-9-3-14(20)4-10-17)18-11-5-15(21)6-12-18;1-4-10-16(11-5-1)19(17-12-6-2-7-13-17)18-14-8-3-9-15-18/h17-18,20-22H,2-16H2,1H3;17-18,20-22H,2-16H2,1H3;1-12H;1-15H/q;;2*+1. The molecule has 6 aliphatic carbocycles. The summed E-state index contributed by atoms with van der Waals surface area (Å²) >= 11 is 0. The van der Waals surface area contributed by atoms with Crippen molar-refractivity contribution in [3.8, 4) is 5.75 Å². The molecule has 13 heteroatoms. The molecule has 6 fully saturated rings. The first-order valence-corrected chi connectivity index (χ1v) is 43.0. The quantitative estimate of drug-likeness (QED) is 0.0445. The molecule has 0 aromatic heterocycles. The van der Waals surface area contributed by atoms with Crippen molar-refractivity contribution in [3.63, 3.8) is 0 Å². The Bertz CT molecular complexity index is 4020. The summed E-state index contributed by atoms with van der Waals surface area (Å²) in [5.41, 5.74) is 8.75. The van der Waals surface area contributed by atoms with Crippen LogP contribution >= 0.6 is 0 Å². The van der Waals surface area contributed by atoms with Gasteiger partial charge < -0.3 is 4.18 Å². The molecule has 0 unspecified atom stereocenters.